The second-order valence-electron chi connectivity index (χ2n) is 11.2. The Balaban J connectivity index is 1.14. The highest BCUT2D eigenvalue weighted by atomic mass is 15.0. The van der Waals surface area contributed by atoms with Gasteiger partial charge in [-0.15, -0.1) is 0 Å². The molecule has 0 saturated carbocycles. The SMILES string of the molecule is C1=Cc2c(c3ccccc3n2-c2cccc(-c3cccc(-c4cccc(-n5c6ccccc6c6cnccc65)c4)n3)c2)CN1. The molecule has 0 unspecified atom stereocenters. The summed E-state index contributed by atoms with van der Waals surface area (Å²) >= 11 is 0. The maximum Gasteiger partial charge on any atom is 0.0710 e. The maximum atomic E-state index is 5.18. The van der Waals surface area contributed by atoms with Crippen molar-refractivity contribution in [3.8, 4) is 33.9 Å². The molecule has 8 aromatic rings. The van der Waals surface area contributed by atoms with Crippen molar-refractivity contribution in [2.45, 2.75) is 6.54 Å². The first-order chi connectivity index (χ1) is 21.8. The smallest absolute Gasteiger partial charge is 0.0710 e. The Bertz CT molecular complexity index is 2360. The van der Waals surface area contributed by atoms with Gasteiger partial charge in [0.1, 0.15) is 0 Å². The third-order valence-electron chi connectivity index (χ3n) is 8.68. The van der Waals surface area contributed by atoms with Gasteiger partial charge in [0.2, 0.25) is 0 Å². The molecule has 9 rings (SSSR count). The number of nitrogens with zero attached hydrogens (tertiary/aromatic N) is 4. The number of fused-ring (bicyclic) bond motifs is 6. The molecule has 5 heteroatoms. The van der Waals surface area contributed by atoms with E-state index in [1.807, 2.05) is 18.6 Å². The first-order valence-electron chi connectivity index (χ1n) is 14.9. The summed E-state index contributed by atoms with van der Waals surface area (Å²) < 4.78 is 4.68. The maximum absolute atomic E-state index is 5.18. The van der Waals surface area contributed by atoms with Crippen LogP contribution in [-0.4, -0.2) is 19.1 Å². The Morgan fingerprint density at radius 1 is 0.568 bits per heavy atom. The van der Waals surface area contributed by atoms with Crippen molar-refractivity contribution >= 4 is 38.8 Å². The number of rotatable bonds is 4. The van der Waals surface area contributed by atoms with Crippen LogP contribution in [0.1, 0.15) is 11.3 Å². The van der Waals surface area contributed by atoms with Crippen molar-refractivity contribution < 1.29 is 0 Å². The van der Waals surface area contributed by atoms with Crippen molar-refractivity contribution in [2.75, 3.05) is 0 Å². The molecular formula is C39H27N5. The number of hydrogen-bond acceptors (Lipinski definition) is 3. The molecule has 0 spiro atoms. The van der Waals surface area contributed by atoms with Crippen molar-refractivity contribution in [2.24, 2.45) is 0 Å². The van der Waals surface area contributed by atoms with Gasteiger partial charge in [-0.1, -0.05) is 66.7 Å². The Morgan fingerprint density at radius 3 is 1.98 bits per heavy atom. The Morgan fingerprint density at radius 2 is 1.20 bits per heavy atom. The molecule has 0 bridgehead atoms. The minimum atomic E-state index is 0.827. The Labute approximate surface area is 254 Å². The summed E-state index contributed by atoms with van der Waals surface area (Å²) in [6.07, 6.45) is 8.03. The predicted molar refractivity (Wildman–Crippen MR) is 180 cm³/mol. The van der Waals surface area contributed by atoms with E-state index in [1.54, 1.807) is 0 Å². The average molecular weight is 566 g/mol. The molecule has 1 N–H and O–H groups in total. The minimum absolute atomic E-state index is 0.827. The number of benzene rings is 4. The lowest BCUT2D eigenvalue weighted by molar-refractivity contribution is 0.855. The highest BCUT2D eigenvalue weighted by molar-refractivity contribution is 6.08. The van der Waals surface area contributed by atoms with Crippen LogP contribution in [-0.2, 0) is 6.54 Å². The highest BCUT2D eigenvalue weighted by Crippen LogP contribution is 2.35. The lowest BCUT2D eigenvalue weighted by Gasteiger charge is -2.14. The minimum Gasteiger partial charge on any atom is -0.387 e. The molecule has 0 amide bonds. The van der Waals surface area contributed by atoms with Gasteiger partial charge in [-0.05, 0) is 66.9 Å². The normalized spacial score (nSPS) is 12.5. The second kappa shape index (κ2) is 9.82. The lowest BCUT2D eigenvalue weighted by atomic mass is 10.1. The van der Waals surface area contributed by atoms with Gasteiger partial charge in [-0.25, -0.2) is 4.98 Å². The van der Waals surface area contributed by atoms with E-state index in [2.05, 4.69) is 147 Å². The van der Waals surface area contributed by atoms with Crippen LogP contribution < -0.4 is 5.32 Å². The Hall–Kier alpha value is -5.94. The molecule has 208 valence electrons. The van der Waals surface area contributed by atoms with Gasteiger partial charge in [0.25, 0.3) is 0 Å². The zero-order valence-electron chi connectivity index (χ0n) is 23.9. The fourth-order valence-electron chi connectivity index (χ4n) is 6.72. The molecule has 0 radical (unpaired) electrons. The third kappa shape index (κ3) is 3.80. The molecule has 0 atom stereocenters. The summed E-state index contributed by atoms with van der Waals surface area (Å²) in [4.78, 5) is 9.58. The molecule has 0 saturated heterocycles. The van der Waals surface area contributed by atoms with Crippen LogP contribution in [0.3, 0.4) is 0 Å². The van der Waals surface area contributed by atoms with E-state index in [9.17, 15) is 0 Å². The van der Waals surface area contributed by atoms with Crippen LogP contribution in [0.2, 0.25) is 0 Å². The molecule has 0 fully saturated rings. The van der Waals surface area contributed by atoms with Gasteiger partial charge in [0.05, 0.1) is 33.6 Å². The van der Waals surface area contributed by atoms with E-state index in [1.165, 1.54) is 27.5 Å². The molecule has 5 heterocycles. The second-order valence-corrected chi connectivity index (χ2v) is 11.2. The van der Waals surface area contributed by atoms with E-state index in [-0.39, 0.29) is 0 Å². The summed E-state index contributed by atoms with van der Waals surface area (Å²) in [5.41, 5.74) is 12.3. The van der Waals surface area contributed by atoms with Gasteiger partial charge < -0.3 is 14.5 Å². The summed E-state index contributed by atoms with van der Waals surface area (Å²) in [5.74, 6) is 0. The van der Waals surface area contributed by atoms with E-state index >= 15 is 0 Å². The highest BCUT2D eigenvalue weighted by Gasteiger charge is 2.18. The predicted octanol–water partition coefficient (Wildman–Crippen LogP) is 8.93. The molecule has 0 aliphatic carbocycles. The molecular weight excluding hydrogens is 538 g/mol. The van der Waals surface area contributed by atoms with E-state index in [4.69, 9.17) is 4.98 Å². The van der Waals surface area contributed by atoms with Gasteiger partial charge >= 0.3 is 0 Å². The molecule has 4 aromatic carbocycles. The van der Waals surface area contributed by atoms with Crippen LogP contribution in [0.4, 0.5) is 0 Å². The van der Waals surface area contributed by atoms with Crippen LogP contribution in [0.5, 0.6) is 0 Å². The average Bonchev–Trinajstić information content (AvgIpc) is 3.62. The van der Waals surface area contributed by atoms with E-state index in [0.717, 1.165) is 56.9 Å². The van der Waals surface area contributed by atoms with Crippen molar-refractivity contribution in [3.63, 3.8) is 0 Å². The fraction of sp³-hybridized carbons (Fsp3) is 0.0256. The number of aromatic nitrogens is 4. The molecule has 1 aliphatic heterocycles. The van der Waals surface area contributed by atoms with Crippen molar-refractivity contribution in [3.05, 3.63) is 151 Å². The van der Waals surface area contributed by atoms with Crippen LogP contribution in [0.15, 0.2) is 140 Å². The number of hydrogen-bond donors (Lipinski definition) is 1. The zero-order chi connectivity index (χ0) is 29.0. The lowest BCUT2D eigenvalue weighted by Crippen LogP contribution is -2.10. The molecule has 1 aliphatic rings. The standard InChI is InChI=1S/C39H27N5/c1-3-16-36-30(12-1)32-24-40-20-18-38(32)43(36)28-10-5-8-26(22-28)34-14-7-15-35(42-34)27-9-6-11-29(23-27)44-37-17-4-2-13-31(37)33-25-41-21-19-39(33)44/h1-24,41H,25H2. The summed E-state index contributed by atoms with van der Waals surface area (Å²) in [7, 11) is 0. The van der Waals surface area contributed by atoms with Gasteiger partial charge in [0, 0.05) is 63.2 Å². The van der Waals surface area contributed by atoms with Gasteiger partial charge in [-0.3, -0.25) is 4.98 Å². The van der Waals surface area contributed by atoms with E-state index < -0.39 is 0 Å². The largest absolute Gasteiger partial charge is 0.387 e. The van der Waals surface area contributed by atoms with Crippen molar-refractivity contribution in [1.82, 2.24) is 24.4 Å². The molecule has 44 heavy (non-hydrogen) atoms. The monoisotopic (exact) mass is 565 g/mol. The Kier molecular flexibility index (Phi) is 5.50. The van der Waals surface area contributed by atoms with Crippen LogP contribution in [0, 0.1) is 0 Å². The van der Waals surface area contributed by atoms with Crippen LogP contribution >= 0.6 is 0 Å². The zero-order valence-corrected chi connectivity index (χ0v) is 23.9. The van der Waals surface area contributed by atoms with E-state index in [0.29, 0.717) is 0 Å². The fourth-order valence-corrected chi connectivity index (χ4v) is 6.72. The quantitative estimate of drug-likeness (QED) is 0.232. The van der Waals surface area contributed by atoms with Gasteiger partial charge in [0.15, 0.2) is 0 Å². The topological polar surface area (TPSA) is 47.7 Å². The first-order valence-corrected chi connectivity index (χ1v) is 14.9. The van der Waals surface area contributed by atoms with Gasteiger partial charge in [-0.2, -0.15) is 0 Å². The summed E-state index contributed by atoms with van der Waals surface area (Å²) in [6.45, 7) is 0.827. The molecule has 4 aromatic heterocycles. The summed E-state index contributed by atoms with van der Waals surface area (Å²) in [5, 5.41) is 7.01. The molecule has 5 nitrogen and oxygen atoms in total. The number of nitrogens with one attached hydrogen (secondary N) is 1. The summed E-state index contributed by atoms with van der Waals surface area (Å²) in [6, 6.07) is 42.9. The van der Waals surface area contributed by atoms with Crippen molar-refractivity contribution in [1.29, 1.82) is 0 Å². The number of pyridine rings is 2. The number of para-hydroxylation sites is 2. The first kappa shape index (κ1) is 24.6. The third-order valence-corrected chi connectivity index (χ3v) is 8.68. The van der Waals surface area contributed by atoms with Crippen LogP contribution in [0.25, 0.3) is 72.7 Å².